The van der Waals surface area contributed by atoms with Crippen molar-refractivity contribution in [3.63, 3.8) is 0 Å². The zero-order valence-electron chi connectivity index (χ0n) is 16.3. The van der Waals surface area contributed by atoms with Crippen LogP contribution in [-0.2, 0) is 20.8 Å². The first-order valence-corrected chi connectivity index (χ1v) is 9.94. The van der Waals surface area contributed by atoms with Gasteiger partial charge in [0.2, 0.25) is 5.91 Å². The van der Waals surface area contributed by atoms with Crippen LogP contribution in [0.4, 0.5) is 0 Å². The number of ether oxygens (including phenoxy) is 2. The van der Waals surface area contributed by atoms with Gasteiger partial charge in [-0.2, -0.15) is 5.10 Å². The minimum Gasteiger partial charge on any atom is -0.377 e. The molecule has 7 heteroatoms. The average Bonchev–Trinajstić information content (AvgIpc) is 3.30. The van der Waals surface area contributed by atoms with Crippen molar-refractivity contribution in [2.24, 2.45) is 0 Å². The molecule has 3 heterocycles. The summed E-state index contributed by atoms with van der Waals surface area (Å²) in [5.74, 6) is -0.0153. The molecule has 1 aromatic carbocycles. The normalized spacial score (nSPS) is 25.7. The number of para-hydroxylation sites is 1. The number of hydrogen-bond donors (Lipinski definition) is 1. The molecule has 28 heavy (non-hydrogen) atoms. The number of nitrogens with one attached hydrogen (secondary N) is 1. The molecule has 2 aliphatic heterocycles. The standard InChI is InChI=1S/C21H28N4O3/c1-17(26)22-13-19-7-8-21(28-19)15-24(11-12-27-16-21)14-18-5-2-3-6-20(18)25-10-4-9-23-25/h2-6,9-10,19H,7-8,11-16H2,1H3,(H,22,26)/t19-,21-/m1/s1. The van der Waals surface area contributed by atoms with Crippen LogP contribution in [0.2, 0.25) is 0 Å². The highest BCUT2D eigenvalue weighted by molar-refractivity contribution is 5.72. The van der Waals surface area contributed by atoms with E-state index in [0.29, 0.717) is 19.8 Å². The molecule has 1 N–H and O–H groups in total. The summed E-state index contributed by atoms with van der Waals surface area (Å²) in [7, 11) is 0. The van der Waals surface area contributed by atoms with E-state index in [-0.39, 0.29) is 17.6 Å². The molecule has 7 nitrogen and oxygen atoms in total. The van der Waals surface area contributed by atoms with Crippen molar-refractivity contribution in [3.8, 4) is 5.69 Å². The van der Waals surface area contributed by atoms with Crippen LogP contribution in [0.3, 0.4) is 0 Å². The van der Waals surface area contributed by atoms with Gasteiger partial charge in [0.15, 0.2) is 0 Å². The van der Waals surface area contributed by atoms with Crippen LogP contribution in [0.25, 0.3) is 5.69 Å². The Morgan fingerprint density at radius 3 is 3.07 bits per heavy atom. The van der Waals surface area contributed by atoms with Gasteiger partial charge < -0.3 is 14.8 Å². The molecule has 2 saturated heterocycles. The van der Waals surface area contributed by atoms with Gasteiger partial charge in [-0.25, -0.2) is 4.68 Å². The Hall–Kier alpha value is -2.22. The molecular weight excluding hydrogens is 356 g/mol. The second-order valence-electron chi connectivity index (χ2n) is 7.74. The molecule has 4 rings (SSSR count). The molecule has 0 radical (unpaired) electrons. The van der Waals surface area contributed by atoms with Gasteiger partial charge in [0.25, 0.3) is 0 Å². The highest BCUT2D eigenvalue weighted by Gasteiger charge is 2.43. The molecule has 0 bridgehead atoms. The monoisotopic (exact) mass is 384 g/mol. The zero-order chi connectivity index (χ0) is 19.4. The van der Waals surface area contributed by atoms with E-state index >= 15 is 0 Å². The summed E-state index contributed by atoms with van der Waals surface area (Å²) in [5.41, 5.74) is 2.04. The van der Waals surface area contributed by atoms with Crippen LogP contribution < -0.4 is 5.32 Å². The number of nitrogens with zero attached hydrogens (tertiary/aromatic N) is 3. The first-order chi connectivity index (χ1) is 13.6. The minimum absolute atomic E-state index is 0.0153. The molecule has 1 amide bonds. The van der Waals surface area contributed by atoms with E-state index in [1.807, 2.05) is 23.0 Å². The second kappa shape index (κ2) is 8.43. The van der Waals surface area contributed by atoms with E-state index in [2.05, 4.69) is 33.5 Å². The number of carbonyl (C=O) groups excluding carboxylic acids is 1. The van der Waals surface area contributed by atoms with Gasteiger partial charge in [0.05, 0.1) is 25.0 Å². The van der Waals surface area contributed by atoms with Gasteiger partial charge in [-0.05, 0) is 30.5 Å². The second-order valence-corrected chi connectivity index (χ2v) is 7.74. The maximum atomic E-state index is 11.2. The largest absolute Gasteiger partial charge is 0.377 e. The van der Waals surface area contributed by atoms with Crippen LogP contribution in [-0.4, -0.2) is 65.1 Å². The van der Waals surface area contributed by atoms with Crippen molar-refractivity contribution in [1.82, 2.24) is 20.0 Å². The number of amides is 1. The predicted octanol–water partition coefficient (Wildman–Crippen LogP) is 1.76. The first kappa shape index (κ1) is 19.1. The summed E-state index contributed by atoms with van der Waals surface area (Å²) in [6.45, 7) is 5.94. The van der Waals surface area contributed by atoms with E-state index < -0.39 is 0 Å². The predicted molar refractivity (Wildman–Crippen MR) is 105 cm³/mol. The van der Waals surface area contributed by atoms with Gasteiger partial charge >= 0.3 is 0 Å². The summed E-state index contributed by atoms with van der Waals surface area (Å²) >= 11 is 0. The quantitative estimate of drug-likeness (QED) is 0.851. The lowest BCUT2D eigenvalue weighted by atomic mass is 9.99. The van der Waals surface area contributed by atoms with Gasteiger partial charge in [0, 0.05) is 45.5 Å². The Morgan fingerprint density at radius 2 is 2.25 bits per heavy atom. The maximum absolute atomic E-state index is 11.2. The first-order valence-electron chi connectivity index (χ1n) is 9.94. The Kier molecular flexibility index (Phi) is 5.75. The molecule has 150 valence electrons. The molecular formula is C21H28N4O3. The van der Waals surface area contributed by atoms with Crippen LogP contribution in [0.1, 0.15) is 25.3 Å². The molecule has 2 atom stereocenters. The van der Waals surface area contributed by atoms with Crippen LogP contribution in [0.5, 0.6) is 0 Å². The zero-order valence-corrected chi connectivity index (χ0v) is 16.3. The summed E-state index contributed by atoms with van der Waals surface area (Å²) in [6, 6.07) is 10.3. The van der Waals surface area contributed by atoms with Gasteiger partial charge in [-0.3, -0.25) is 9.69 Å². The van der Waals surface area contributed by atoms with Gasteiger partial charge in [-0.1, -0.05) is 18.2 Å². The van der Waals surface area contributed by atoms with Crippen LogP contribution in [0.15, 0.2) is 42.7 Å². The molecule has 2 aromatic rings. The van der Waals surface area contributed by atoms with Crippen LogP contribution in [0, 0.1) is 0 Å². The van der Waals surface area contributed by atoms with Crippen LogP contribution >= 0.6 is 0 Å². The third-order valence-electron chi connectivity index (χ3n) is 5.48. The fourth-order valence-electron chi connectivity index (χ4n) is 4.16. The molecule has 2 aliphatic rings. The smallest absolute Gasteiger partial charge is 0.216 e. The van der Waals surface area contributed by atoms with E-state index in [4.69, 9.17) is 9.47 Å². The van der Waals surface area contributed by atoms with Crippen molar-refractivity contribution in [2.45, 2.75) is 38.0 Å². The SMILES string of the molecule is CC(=O)NC[C@H]1CC[C@@]2(COCCN(Cc3ccccc3-n3cccn3)C2)O1. The number of rotatable bonds is 5. The lowest BCUT2D eigenvalue weighted by molar-refractivity contribution is -0.121. The third kappa shape index (κ3) is 4.43. The Morgan fingerprint density at radius 1 is 1.36 bits per heavy atom. The van der Waals surface area contributed by atoms with E-state index in [1.165, 1.54) is 12.5 Å². The van der Waals surface area contributed by atoms with E-state index in [9.17, 15) is 4.79 Å². The van der Waals surface area contributed by atoms with Gasteiger partial charge in [-0.15, -0.1) is 0 Å². The average molecular weight is 384 g/mol. The fraction of sp³-hybridized carbons (Fsp3) is 0.524. The molecule has 2 fully saturated rings. The van der Waals surface area contributed by atoms with Crippen molar-refractivity contribution >= 4 is 5.91 Å². The molecule has 0 saturated carbocycles. The minimum atomic E-state index is -0.291. The summed E-state index contributed by atoms with van der Waals surface area (Å²) in [5, 5.41) is 7.26. The summed E-state index contributed by atoms with van der Waals surface area (Å²) < 4.78 is 14.2. The van der Waals surface area contributed by atoms with Gasteiger partial charge in [0.1, 0.15) is 5.60 Å². The summed E-state index contributed by atoms with van der Waals surface area (Å²) in [6.07, 6.45) is 5.73. The summed E-state index contributed by atoms with van der Waals surface area (Å²) in [4.78, 5) is 13.6. The number of carbonyl (C=O) groups is 1. The van der Waals surface area contributed by atoms with Crippen molar-refractivity contribution in [1.29, 1.82) is 0 Å². The maximum Gasteiger partial charge on any atom is 0.216 e. The Labute approximate surface area is 165 Å². The molecule has 0 aliphatic carbocycles. The van der Waals surface area contributed by atoms with E-state index in [0.717, 1.165) is 38.2 Å². The Balaban J connectivity index is 1.46. The molecule has 1 aromatic heterocycles. The van der Waals surface area contributed by atoms with Crippen molar-refractivity contribution < 1.29 is 14.3 Å². The topological polar surface area (TPSA) is 68.6 Å². The molecule has 1 spiro atoms. The van der Waals surface area contributed by atoms with E-state index in [1.54, 1.807) is 6.20 Å². The van der Waals surface area contributed by atoms with Crippen molar-refractivity contribution in [3.05, 3.63) is 48.3 Å². The highest BCUT2D eigenvalue weighted by atomic mass is 16.6. The lowest BCUT2D eigenvalue weighted by Gasteiger charge is -2.32. The number of hydrogen-bond acceptors (Lipinski definition) is 5. The van der Waals surface area contributed by atoms with Crippen molar-refractivity contribution in [2.75, 3.05) is 32.8 Å². The number of benzene rings is 1. The lowest BCUT2D eigenvalue weighted by Crippen LogP contribution is -2.45. The third-order valence-corrected chi connectivity index (χ3v) is 5.48. The fourth-order valence-corrected chi connectivity index (χ4v) is 4.16. The number of aromatic nitrogens is 2. The highest BCUT2D eigenvalue weighted by Crippen LogP contribution is 2.33. The molecule has 0 unspecified atom stereocenters. The Bertz CT molecular complexity index is 795.